The van der Waals surface area contributed by atoms with Gasteiger partial charge in [0, 0.05) is 50.4 Å². The van der Waals surface area contributed by atoms with E-state index in [-0.39, 0.29) is 30.4 Å². The zero-order valence-corrected chi connectivity index (χ0v) is 16.5. The normalized spacial score (nSPS) is 36.6. The first-order chi connectivity index (χ1) is 11.4. The second kappa shape index (κ2) is 8.01. The summed E-state index contributed by atoms with van der Waals surface area (Å²) < 4.78 is 19.7. The van der Waals surface area contributed by atoms with Crippen molar-refractivity contribution in [2.75, 3.05) is 39.3 Å². The van der Waals surface area contributed by atoms with E-state index in [0.29, 0.717) is 0 Å². The van der Waals surface area contributed by atoms with Gasteiger partial charge in [-0.1, -0.05) is 0 Å². The molecule has 3 saturated heterocycles. The fraction of sp³-hybridized carbons (Fsp3) is 0.933. The molecule has 4 atom stereocenters. The molecule has 0 spiro atoms. The van der Waals surface area contributed by atoms with Crippen molar-refractivity contribution in [2.45, 2.75) is 52.1 Å². The summed E-state index contributed by atoms with van der Waals surface area (Å²) in [6, 6.07) is 0.0867. The highest BCUT2D eigenvalue weighted by Gasteiger charge is 2.35. The van der Waals surface area contributed by atoms with E-state index in [1.165, 1.54) is 0 Å². The van der Waals surface area contributed by atoms with Gasteiger partial charge in [-0.25, -0.2) is 13.4 Å². The van der Waals surface area contributed by atoms with Gasteiger partial charge in [-0.15, -0.1) is 0 Å². The molecule has 0 bridgehead atoms. The fourth-order valence-electron chi connectivity index (χ4n) is 3.32. The first-order valence-electron chi connectivity index (χ1n) is 8.66. The lowest BCUT2D eigenvalue weighted by Gasteiger charge is -2.36. The number of morpholine rings is 2. The Morgan fingerprint density at radius 1 is 0.750 bits per heavy atom. The van der Waals surface area contributed by atoms with E-state index in [9.17, 15) is 4.79 Å². The standard InChI is InChI=1S/C15H28N4O3S2/c1-11-7-16(8-12(2)21-11)23-18-5-6-19(15(18)20)24-17-9-13(3)22-14(4)10-17/h11-14H,5-10H2,1-4H3. The molecule has 0 aliphatic carbocycles. The van der Waals surface area contributed by atoms with Gasteiger partial charge in [0.2, 0.25) is 0 Å². The van der Waals surface area contributed by atoms with Crippen LogP contribution in [0.3, 0.4) is 0 Å². The highest BCUT2D eigenvalue weighted by atomic mass is 32.2. The number of hydrogen-bond donors (Lipinski definition) is 0. The summed E-state index contributed by atoms with van der Waals surface area (Å²) in [6.07, 6.45) is 0.836. The molecule has 0 aromatic rings. The molecule has 4 unspecified atom stereocenters. The summed E-state index contributed by atoms with van der Waals surface area (Å²) in [7, 11) is 0. The van der Waals surface area contributed by atoms with Crippen LogP contribution in [0.15, 0.2) is 0 Å². The highest BCUT2D eigenvalue weighted by Crippen LogP contribution is 2.31. The van der Waals surface area contributed by atoms with Crippen molar-refractivity contribution in [3.63, 3.8) is 0 Å². The van der Waals surface area contributed by atoms with Crippen molar-refractivity contribution in [3.05, 3.63) is 0 Å². The third kappa shape index (κ3) is 4.70. The van der Waals surface area contributed by atoms with Crippen LogP contribution in [0.4, 0.5) is 4.79 Å². The largest absolute Gasteiger partial charge is 0.373 e. The maximum absolute atomic E-state index is 12.7. The van der Waals surface area contributed by atoms with Crippen LogP contribution < -0.4 is 0 Å². The van der Waals surface area contributed by atoms with Gasteiger partial charge < -0.3 is 9.47 Å². The lowest BCUT2D eigenvalue weighted by atomic mass is 10.3. The smallest absolute Gasteiger partial charge is 0.342 e. The van der Waals surface area contributed by atoms with Gasteiger partial charge in [0.15, 0.2) is 0 Å². The number of rotatable bonds is 4. The van der Waals surface area contributed by atoms with Crippen molar-refractivity contribution in [2.24, 2.45) is 0 Å². The van der Waals surface area contributed by atoms with E-state index in [1.807, 2.05) is 8.61 Å². The van der Waals surface area contributed by atoms with Crippen molar-refractivity contribution in [1.82, 2.24) is 17.2 Å². The number of nitrogens with zero attached hydrogens (tertiary/aromatic N) is 4. The molecule has 7 nitrogen and oxygen atoms in total. The summed E-state index contributed by atoms with van der Waals surface area (Å²) in [6.45, 7) is 13.2. The molecular formula is C15H28N4O3S2. The van der Waals surface area contributed by atoms with E-state index in [0.717, 1.165) is 39.3 Å². The van der Waals surface area contributed by atoms with Crippen LogP contribution >= 0.6 is 24.3 Å². The van der Waals surface area contributed by atoms with E-state index in [1.54, 1.807) is 24.3 Å². The molecule has 3 aliphatic heterocycles. The van der Waals surface area contributed by atoms with Gasteiger partial charge in [-0.2, -0.15) is 0 Å². The molecule has 0 radical (unpaired) electrons. The molecule has 3 heterocycles. The van der Waals surface area contributed by atoms with Crippen LogP contribution in [-0.2, 0) is 9.47 Å². The van der Waals surface area contributed by atoms with Crippen molar-refractivity contribution in [3.8, 4) is 0 Å². The van der Waals surface area contributed by atoms with Crippen molar-refractivity contribution in [1.29, 1.82) is 0 Å². The Morgan fingerprint density at radius 3 is 1.42 bits per heavy atom. The number of carbonyl (C=O) groups excluding carboxylic acids is 1. The Hall–Kier alpha value is -0.190. The van der Waals surface area contributed by atoms with Crippen LogP contribution in [0.1, 0.15) is 27.7 Å². The summed E-state index contributed by atoms with van der Waals surface area (Å²) in [5, 5.41) is 0. The van der Waals surface area contributed by atoms with E-state index in [4.69, 9.17) is 9.47 Å². The SMILES string of the molecule is CC1CN(SN2CCN(SN3CC(C)OC(C)C3)C2=O)CC(C)O1. The summed E-state index contributed by atoms with van der Waals surface area (Å²) in [5.41, 5.74) is 0. The molecule has 0 aromatic heterocycles. The Morgan fingerprint density at radius 2 is 1.08 bits per heavy atom. The van der Waals surface area contributed by atoms with Gasteiger partial charge in [-0.3, -0.25) is 8.61 Å². The highest BCUT2D eigenvalue weighted by molar-refractivity contribution is 7.96. The second-order valence-electron chi connectivity index (χ2n) is 6.86. The predicted octanol–water partition coefficient (Wildman–Crippen LogP) is 2.07. The number of ether oxygens (including phenoxy) is 2. The zero-order chi connectivity index (χ0) is 17.3. The van der Waals surface area contributed by atoms with Crippen LogP contribution in [0, 0.1) is 0 Å². The monoisotopic (exact) mass is 376 g/mol. The lowest BCUT2D eigenvalue weighted by molar-refractivity contribution is -0.0421. The Balaban J connectivity index is 1.49. The molecule has 0 aromatic carbocycles. The second-order valence-corrected chi connectivity index (χ2v) is 9.10. The van der Waals surface area contributed by atoms with Crippen molar-refractivity contribution >= 4 is 30.3 Å². The molecular weight excluding hydrogens is 348 g/mol. The Bertz CT molecular complexity index is 400. The van der Waals surface area contributed by atoms with Gasteiger partial charge >= 0.3 is 6.03 Å². The van der Waals surface area contributed by atoms with Gasteiger partial charge in [0.1, 0.15) is 0 Å². The average molecular weight is 377 g/mol. The zero-order valence-electron chi connectivity index (χ0n) is 14.9. The van der Waals surface area contributed by atoms with E-state index < -0.39 is 0 Å². The minimum absolute atomic E-state index is 0.0867. The minimum Gasteiger partial charge on any atom is -0.373 e. The molecule has 24 heavy (non-hydrogen) atoms. The number of carbonyl (C=O) groups is 1. The van der Waals surface area contributed by atoms with Crippen molar-refractivity contribution < 1.29 is 14.3 Å². The molecule has 9 heteroatoms. The molecule has 0 N–H and O–H groups in total. The first kappa shape index (κ1) is 18.6. The quantitative estimate of drug-likeness (QED) is 0.696. The van der Waals surface area contributed by atoms with Crippen LogP contribution in [0.25, 0.3) is 0 Å². The summed E-state index contributed by atoms with van der Waals surface area (Å²) in [5.74, 6) is 0. The summed E-state index contributed by atoms with van der Waals surface area (Å²) >= 11 is 3.10. The third-order valence-corrected chi connectivity index (χ3v) is 6.26. The van der Waals surface area contributed by atoms with Gasteiger partial charge in [0.05, 0.1) is 37.5 Å². The van der Waals surface area contributed by atoms with Gasteiger partial charge in [-0.05, 0) is 27.7 Å². The van der Waals surface area contributed by atoms with Gasteiger partial charge in [0.25, 0.3) is 0 Å². The maximum Gasteiger partial charge on any atom is 0.342 e. The number of hydrogen-bond acceptors (Lipinski definition) is 7. The average Bonchev–Trinajstić information content (AvgIpc) is 2.78. The van der Waals surface area contributed by atoms with E-state index >= 15 is 0 Å². The van der Waals surface area contributed by atoms with Crippen LogP contribution in [0.5, 0.6) is 0 Å². The molecule has 3 rings (SSSR count). The molecule has 0 saturated carbocycles. The number of urea groups is 1. The van der Waals surface area contributed by atoms with Crippen LogP contribution in [0.2, 0.25) is 0 Å². The third-order valence-electron chi connectivity index (χ3n) is 4.13. The molecule has 2 amide bonds. The first-order valence-corrected chi connectivity index (χ1v) is 10.1. The maximum atomic E-state index is 12.7. The molecule has 138 valence electrons. The molecule has 3 fully saturated rings. The fourth-order valence-corrected chi connectivity index (χ4v) is 5.70. The Labute approximate surface area is 153 Å². The molecule has 3 aliphatic rings. The minimum atomic E-state index is 0.0867. The topological polar surface area (TPSA) is 48.5 Å². The van der Waals surface area contributed by atoms with Crippen LogP contribution in [-0.4, -0.2) is 86.9 Å². The lowest BCUT2D eigenvalue weighted by Crippen LogP contribution is -2.44. The van der Waals surface area contributed by atoms with E-state index in [2.05, 4.69) is 36.3 Å². The number of amides is 2. The summed E-state index contributed by atoms with van der Waals surface area (Å²) in [4.78, 5) is 12.7. The predicted molar refractivity (Wildman–Crippen MR) is 97.2 cm³/mol. The Kier molecular flexibility index (Phi) is 6.20.